The minimum Gasteiger partial charge on any atom is -0.497 e. The molecule has 0 atom stereocenters. The summed E-state index contributed by atoms with van der Waals surface area (Å²) in [5.41, 5.74) is 0.773. The van der Waals surface area contributed by atoms with Crippen LogP contribution in [0.25, 0.3) is 6.08 Å². The molecule has 0 saturated heterocycles. The summed E-state index contributed by atoms with van der Waals surface area (Å²) in [5, 5.41) is 5.26. The first-order valence-electron chi connectivity index (χ1n) is 6.49. The van der Waals surface area contributed by atoms with Crippen LogP contribution < -0.4 is 20.1 Å². The van der Waals surface area contributed by atoms with Crippen molar-refractivity contribution in [1.82, 2.24) is 10.6 Å². The third-order valence-corrected chi connectivity index (χ3v) is 2.65. The molecule has 0 saturated carbocycles. The normalized spacial score (nSPS) is 10.2. The lowest BCUT2D eigenvalue weighted by molar-refractivity contribution is -0.119. The van der Waals surface area contributed by atoms with Crippen molar-refractivity contribution in [1.29, 1.82) is 0 Å². The van der Waals surface area contributed by atoms with Crippen LogP contribution in [0.1, 0.15) is 12.5 Å². The van der Waals surface area contributed by atoms with Gasteiger partial charge in [-0.3, -0.25) is 9.59 Å². The van der Waals surface area contributed by atoms with Crippen LogP contribution in [0.4, 0.5) is 0 Å². The van der Waals surface area contributed by atoms with E-state index in [1.807, 2.05) is 0 Å². The van der Waals surface area contributed by atoms with Crippen molar-refractivity contribution in [2.24, 2.45) is 0 Å². The van der Waals surface area contributed by atoms with Crippen LogP contribution in [0.2, 0.25) is 0 Å². The number of ether oxygens (including phenoxy) is 2. The van der Waals surface area contributed by atoms with Gasteiger partial charge in [-0.25, -0.2) is 0 Å². The van der Waals surface area contributed by atoms with E-state index >= 15 is 0 Å². The van der Waals surface area contributed by atoms with E-state index in [4.69, 9.17) is 9.47 Å². The number of hydrogen-bond acceptors (Lipinski definition) is 4. The van der Waals surface area contributed by atoms with Crippen LogP contribution in [0.15, 0.2) is 24.3 Å². The molecule has 0 bridgehead atoms. The van der Waals surface area contributed by atoms with Crippen LogP contribution in [0, 0.1) is 0 Å². The van der Waals surface area contributed by atoms with E-state index in [0.29, 0.717) is 24.6 Å². The zero-order valence-electron chi connectivity index (χ0n) is 12.4. The van der Waals surface area contributed by atoms with E-state index in [2.05, 4.69) is 10.6 Å². The largest absolute Gasteiger partial charge is 0.497 e. The van der Waals surface area contributed by atoms with Crippen LogP contribution in [0.5, 0.6) is 11.5 Å². The second-order valence-corrected chi connectivity index (χ2v) is 4.22. The van der Waals surface area contributed by atoms with Gasteiger partial charge in [0.25, 0.3) is 0 Å². The highest BCUT2D eigenvalue weighted by Gasteiger charge is 2.03. The van der Waals surface area contributed by atoms with Gasteiger partial charge in [0.1, 0.15) is 11.5 Å². The molecule has 0 spiro atoms. The molecular formula is C15H20N2O4. The van der Waals surface area contributed by atoms with Gasteiger partial charge in [-0.15, -0.1) is 0 Å². The molecule has 0 heterocycles. The third-order valence-electron chi connectivity index (χ3n) is 2.65. The van der Waals surface area contributed by atoms with E-state index in [-0.39, 0.29) is 11.8 Å². The quantitative estimate of drug-likeness (QED) is 0.580. The molecule has 1 rings (SSSR count). The van der Waals surface area contributed by atoms with Crippen molar-refractivity contribution in [3.63, 3.8) is 0 Å². The molecule has 1 aromatic carbocycles. The Kier molecular flexibility index (Phi) is 6.80. The van der Waals surface area contributed by atoms with Crippen molar-refractivity contribution in [2.75, 3.05) is 27.3 Å². The first-order valence-corrected chi connectivity index (χ1v) is 6.49. The van der Waals surface area contributed by atoms with Crippen molar-refractivity contribution in [3.8, 4) is 11.5 Å². The van der Waals surface area contributed by atoms with Gasteiger partial charge in [0, 0.05) is 37.7 Å². The summed E-state index contributed by atoms with van der Waals surface area (Å²) in [6.07, 6.45) is 3.07. The molecule has 2 amide bonds. The maximum absolute atomic E-state index is 11.6. The topological polar surface area (TPSA) is 76.7 Å². The summed E-state index contributed by atoms with van der Waals surface area (Å²) in [4.78, 5) is 22.3. The van der Waals surface area contributed by atoms with Gasteiger partial charge >= 0.3 is 0 Å². The lowest BCUT2D eigenvalue weighted by Gasteiger charge is -2.07. The van der Waals surface area contributed by atoms with Crippen LogP contribution in [-0.2, 0) is 9.59 Å². The standard InChI is InChI=1S/C15H20N2O4/c1-11(18)16-8-9-17-15(19)7-5-12-4-6-13(20-2)10-14(12)21-3/h4-7,10H,8-9H2,1-3H3,(H,16,18)(H,17,19). The van der Waals surface area contributed by atoms with Crippen molar-refractivity contribution >= 4 is 17.9 Å². The Morgan fingerprint density at radius 1 is 1.14 bits per heavy atom. The number of rotatable bonds is 7. The summed E-state index contributed by atoms with van der Waals surface area (Å²) in [7, 11) is 3.13. The summed E-state index contributed by atoms with van der Waals surface area (Å²) in [6.45, 7) is 2.21. The van der Waals surface area contributed by atoms with Gasteiger partial charge in [-0.2, -0.15) is 0 Å². The highest BCUT2D eigenvalue weighted by atomic mass is 16.5. The minimum absolute atomic E-state index is 0.122. The molecule has 21 heavy (non-hydrogen) atoms. The molecule has 2 N–H and O–H groups in total. The van der Waals surface area contributed by atoms with Crippen molar-refractivity contribution in [2.45, 2.75) is 6.92 Å². The third kappa shape index (κ3) is 5.99. The summed E-state index contributed by atoms with van der Waals surface area (Å²) in [6, 6.07) is 5.34. The van der Waals surface area contributed by atoms with E-state index in [1.165, 1.54) is 13.0 Å². The van der Waals surface area contributed by atoms with E-state index in [0.717, 1.165) is 5.56 Å². The molecule has 0 unspecified atom stereocenters. The fourth-order valence-electron chi connectivity index (χ4n) is 1.60. The summed E-state index contributed by atoms with van der Waals surface area (Å²) in [5.74, 6) is 0.946. The van der Waals surface area contributed by atoms with E-state index < -0.39 is 0 Å². The Bertz CT molecular complexity index is 526. The molecule has 0 aliphatic heterocycles. The second kappa shape index (κ2) is 8.63. The molecule has 1 aromatic rings. The van der Waals surface area contributed by atoms with Gasteiger partial charge in [0.2, 0.25) is 11.8 Å². The SMILES string of the molecule is COc1ccc(C=CC(=O)NCCNC(C)=O)c(OC)c1. The molecule has 6 heteroatoms. The monoisotopic (exact) mass is 292 g/mol. The Morgan fingerprint density at radius 3 is 2.48 bits per heavy atom. The van der Waals surface area contributed by atoms with Crippen LogP contribution >= 0.6 is 0 Å². The van der Waals surface area contributed by atoms with Gasteiger partial charge < -0.3 is 20.1 Å². The molecule has 114 valence electrons. The molecule has 0 radical (unpaired) electrons. The summed E-state index contributed by atoms with van der Waals surface area (Å²) >= 11 is 0. The smallest absolute Gasteiger partial charge is 0.244 e. The number of methoxy groups -OCH3 is 2. The number of carbonyl (C=O) groups is 2. The maximum Gasteiger partial charge on any atom is 0.244 e. The highest BCUT2D eigenvalue weighted by molar-refractivity contribution is 5.92. The zero-order valence-corrected chi connectivity index (χ0v) is 12.4. The van der Waals surface area contributed by atoms with Gasteiger partial charge in [0.15, 0.2) is 0 Å². The molecule has 0 fully saturated rings. The lowest BCUT2D eigenvalue weighted by Crippen LogP contribution is -2.32. The Morgan fingerprint density at radius 2 is 1.86 bits per heavy atom. The van der Waals surface area contributed by atoms with Crippen molar-refractivity contribution < 1.29 is 19.1 Å². The Labute approximate surface area is 124 Å². The number of amides is 2. The zero-order chi connectivity index (χ0) is 15.7. The van der Waals surface area contributed by atoms with Gasteiger partial charge in [0.05, 0.1) is 14.2 Å². The number of benzene rings is 1. The average Bonchev–Trinajstić information content (AvgIpc) is 2.49. The average molecular weight is 292 g/mol. The second-order valence-electron chi connectivity index (χ2n) is 4.22. The predicted molar refractivity (Wildman–Crippen MR) is 80.3 cm³/mol. The number of hydrogen-bond donors (Lipinski definition) is 2. The fraction of sp³-hybridized carbons (Fsp3) is 0.333. The van der Waals surface area contributed by atoms with E-state index in [1.54, 1.807) is 38.5 Å². The number of carbonyl (C=O) groups excluding carboxylic acids is 2. The molecule has 0 aliphatic carbocycles. The van der Waals surface area contributed by atoms with E-state index in [9.17, 15) is 9.59 Å². The van der Waals surface area contributed by atoms with Crippen LogP contribution in [-0.4, -0.2) is 39.1 Å². The summed E-state index contributed by atoms with van der Waals surface area (Å²) < 4.78 is 10.3. The van der Waals surface area contributed by atoms with Gasteiger partial charge in [-0.1, -0.05) is 0 Å². The van der Waals surface area contributed by atoms with Gasteiger partial charge in [-0.05, 0) is 18.2 Å². The first kappa shape index (κ1) is 16.6. The first-order chi connectivity index (χ1) is 10.1. The fourth-order valence-corrected chi connectivity index (χ4v) is 1.60. The minimum atomic E-state index is -0.238. The number of nitrogens with one attached hydrogen (secondary N) is 2. The Hall–Kier alpha value is -2.50. The highest BCUT2D eigenvalue weighted by Crippen LogP contribution is 2.25. The molecular weight excluding hydrogens is 272 g/mol. The molecule has 6 nitrogen and oxygen atoms in total. The lowest BCUT2D eigenvalue weighted by atomic mass is 10.1. The molecule has 0 aliphatic rings. The molecule has 0 aromatic heterocycles. The van der Waals surface area contributed by atoms with Crippen molar-refractivity contribution in [3.05, 3.63) is 29.8 Å². The maximum atomic E-state index is 11.6. The Balaban J connectivity index is 2.55. The predicted octanol–water partition coefficient (Wildman–Crippen LogP) is 0.969. The van der Waals surface area contributed by atoms with Crippen LogP contribution in [0.3, 0.4) is 0 Å².